The van der Waals surface area contributed by atoms with Crippen LogP contribution in [0.15, 0.2) is 25.3 Å². The highest BCUT2D eigenvalue weighted by Crippen LogP contribution is 2.29. The second-order valence-corrected chi connectivity index (χ2v) is 8.84. The van der Waals surface area contributed by atoms with Gasteiger partial charge < -0.3 is 19.3 Å². The van der Waals surface area contributed by atoms with Crippen molar-refractivity contribution in [2.75, 3.05) is 20.8 Å². The lowest BCUT2D eigenvalue weighted by Gasteiger charge is -2.34. The number of aliphatic hydroxyl groups is 1. The Morgan fingerprint density at radius 1 is 0.786 bits per heavy atom. The van der Waals surface area contributed by atoms with Crippen LogP contribution in [0.5, 0.6) is 0 Å². The zero-order valence-corrected chi connectivity index (χ0v) is 19.6. The van der Waals surface area contributed by atoms with E-state index >= 15 is 0 Å². The molecule has 0 spiro atoms. The minimum absolute atomic E-state index is 0.1000. The molecule has 0 fully saturated rings. The quantitative estimate of drug-likeness (QED) is 0.313. The summed E-state index contributed by atoms with van der Waals surface area (Å²) in [6.45, 7) is 18.5. The first-order valence-corrected chi connectivity index (χ1v) is 10.7. The van der Waals surface area contributed by atoms with Crippen LogP contribution in [-0.4, -0.2) is 48.3 Å². The normalized spacial score (nSPS) is 20.4. The van der Waals surface area contributed by atoms with Crippen LogP contribution in [0.1, 0.15) is 86.0 Å². The number of methoxy groups -OCH3 is 2. The van der Waals surface area contributed by atoms with Gasteiger partial charge in [-0.3, -0.25) is 0 Å². The fourth-order valence-electron chi connectivity index (χ4n) is 3.18. The molecule has 0 amide bonds. The van der Waals surface area contributed by atoms with E-state index < -0.39 is 11.2 Å². The van der Waals surface area contributed by atoms with Gasteiger partial charge in [-0.15, -0.1) is 13.2 Å². The Bertz CT molecular complexity index is 412. The highest BCUT2D eigenvalue weighted by molar-refractivity contribution is 5.00. The van der Waals surface area contributed by atoms with Crippen LogP contribution in [0, 0.1) is 0 Å². The highest BCUT2D eigenvalue weighted by atomic mass is 16.5. The first-order chi connectivity index (χ1) is 13.0. The van der Waals surface area contributed by atoms with Crippen LogP contribution in [-0.2, 0) is 14.2 Å². The van der Waals surface area contributed by atoms with Gasteiger partial charge in [0, 0.05) is 14.2 Å². The lowest BCUT2D eigenvalue weighted by atomic mass is 9.89. The van der Waals surface area contributed by atoms with Crippen LogP contribution in [0.4, 0.5) is 0 Å². The summed E-state index contributed by atoms with van der Waals surface area (Å²) in [5.74, 6) is 0. The molecule has 28 heavy (non-hydrogen) atoms. The van der Waals surface area contributed by atoms with Gasteiger partial charge in [0.25, 0.3) is 0 Å². The summed E-state index contributed by atoms with van der Waals surface area (Å²) in [5.41, 5.74) is -1.77. The molecule has 4 nitrogen and oxygen atoms in total. The first-order valence-electron chi connectivity index (χ1n) is 10.7. The maximum Gasteiger partial charge on any atom is 0.106 e. The summed E-state index contributed by atoms with van der Waals surface area (Å²) in [5, 5.41) is 10.9. The largest absolute Gasteiger partial charge is 0.383 e. The van der Waals surface area contributed by atoms with Gasteiger partial charge in [0.1, 0.15) is 5.60 Å². The summed E-state index contributed by atoms with van der Waals surface area (Å²) >= 11 is 0. The van der Waals surface area contributed by atoms with Crippen molar-refractivity contribution in [3.63, 3.8) is 0 Å². The number of ether oxygens (including phenoxy) is 3. The molecule has 166 valence electrons. The molecule has 0 aliphatic carbocycles. The fourth-order valence-corrected chi connectivity index (χ4v) is 3.18. The average molecular weight is 399 g/mol. The van der Waals surface area contributed by atoms with Crippen LogP contribution in [0.2, 0.25) is 0 Å². The topological polar surface area (TPSA) is 47.9 Å². The molecule has 4 atom stereocenters. The molecule has 0 aromatic carbocycles. The van der Waals surface area contributed by atoms with Crippen molar-refractivity contribution in [1.82, 2.24) is 0 Å². The zero-order chi connectivity index (χ0) is 21.9. The fraction of sp³-hybridized carbons (Fsp3) is 0.833. The van der Waals surface area contributed by atoms with Crippen molar-refractivity contribution >= 4 is 0 Å². The van der Waals surface area contributed by atoms with Crippen molar-refractivity contribution in [2.24, 2.45) is 0 Å². The Balaban J connectivity index is 4.69. The van der Waals surface area contributed by atoms with E-state index in [9.17, 15) is 5.11 Å². The van der Waals surface area contributed by atoms with E-state index in [4.69, 9.17) is 14.2 Å². The van der Waals surface area contributed by atoms with Crippen LogP contribution in [0.25, 0.3) is 0 Å². The number of hydrogen-bond donors (Lipinski definition) is 1. The Labute approximate surface area is 174 Å². The van der Waals surface area contributed by atoms with E-state index in [0.717, 1.165) is 44.9 Å². The van der Waals surface area contributed by atoms with Gasteiger partial charge in [0.2, 0.25) is 0 Å². The van der Waals surface area contributed by atoms with Crippen molar-refractivity contribution in [1.29, 1.82) is 0 Å². The summed E-state index contributed by atoms with van der Waals surface area (Å²) in [4.78, 5) is 0. The van der Waals surface area contributed by atoms with Crippen LogP contribution >= 0.6 is 0 Å². The van der Waals surface area contributed by atoms with Gasteiger partial charge in [-0.05, 0) is 72.1 Å². The number of hydrogen-bond acceptors (Lipinski definition) is 4. The summed E-state index contributed by atoms with van der Waals surface area (Å²) < 4.78 is 17.4. The SMILES string of the molecule is C=CC(O)(CCCC(C)(CC)OC)COC(C)(C=C)CCCC(C)(CC)OC. The standard InChI is InChI=1S/C24H46O4/c1-10-21(5,26-8)16-14-18-23(7,12-3)28-20-24(25,13-4)19-15-17-22(6,11-2)27-9/h12-13,25H,3-4,10-11,14-20H2,1-2,5-9H3. The molecular formula is C24H46O4. The zero-order valence-electron chi connectivity index (χ0n) is 19.6. The third-order valence-electron chi connectivity index (χ3n) is 6.64. The predicted molar refractivity (Wildman–Crippen MR) is 119 cm³/mol. The Morgan fingerprint density at radius 2 is 1.25 bits per heavy atom. The number of rotatable bonds is 17. The first kappa shape index (κ1) is 27.3. The maximum atomic E-state index is 10.9. The smallest absolute Gasteiger partial charge is 0.106 e. The van der Waals surface area contributed by atoms with E-state index in [2.05, 4.69) is 40.9 Å². The molecule has 0 aromatic rings. The van der Waals surface area contributed by atoms with Gasteiger partial charge >= 0.3 is 0 Å². The second kappa shape index (κ2) is 12.1. The molecule has 4 heteroatoms. The summed E-state index contributed by atoms with van der Waals surface area (Å²) in [6, 6.07) is 0. The minimum atomic E-state index is -1.04. The monoisotopic (exact) mass is 398 g/mol. The Kier molecular flexibility index (Phi) is 11.8. The lowest BCUT2D eigenvalue weighted by Crippen LogP contribution is -2.39. The van der Waals surface area contributed by atoms with Crippen molar-refractivity contribution in [3.8, 4) is 0 Å². The average Bonchev–Trinajstić information content (AvgIpc) is 2.72. The van der Waals surface area contributed by atoms with E-state index in [1.165, 1.54) is 0 Å². The summed E-state index contributed by atoms with van der Waals surface area (Å²) in [7, 11) is 3.51. The van der Waals surface area contributed by atoms with E-state index in [1.54, 1.807) is 20.3 Å². The predicted octanol–water partition coefficient (Wildman–Crippen LogP) is 5.84. The Hall–Kier alpha value is -0.680. The minimum Gasteiger partial charge on any atom is -0.383 e. The third-order valence-corrected chi connectivity index (χ3v) is 6.64. The maximum absolute atomic E-state index is 10.9. The molecule has 1 N–H and O–H groups in total. The molecule has 0 aliphatic rings. The van der Waals surface area contributed by atoms with E-state index in [-0.39, 0.29) is 17.8 Å². The molecule has 0 saturated carbocycles. The second-order valence-electron chi connectivity index (χ2n) is 8.84. The molecule has 0 saturated heterocycles. The summed E-state index contributed by atoms with van der Waals surface area (Å²) in [6.07, 6.45) is 10.5. The molecule has 0 radical (unpaired) electrons. The molecule has 0 aliphatic heterocycles. The molecule has 0 bridgehead atoms. The molecule has 0 heterocycles. The van der Waals surface area contributed by atoms with E-state index in [0.29, 0.717) is 6.42 Å². The van der Waals surface area contributed by atoms with Gasteiger partial charge in [-0.2, -0.15) is 0 Å². The highest BCUT2D eigenvalue weighted by Gasteiger charge is 2.31. The Morgan fingerprint density at radius 3 is 1.61 bits per heavy atom. The van der Waals surface area contributed by atoms with Gasteiger partial charge in [-0.25, -0.2) is 0 Å². The third kappa shape index (κ3) is 9.21. The van der Waals surface area contributed by atoms with E-state index in [1.807, 2.05) is 13.0 Å². The molecular weight excluding hydrogens is 352 g/mol. The van der Waals surface area contributed by atoms with Gasteiger partial charge in [-0.1, -0.05) is 26.0 Å². The van der Waals surface area contributed by atoms with Crippen molar-refractivity contribution in [2.45, 2.75) is 108 Å². The van der Waals surface area contributed by atoms with Crippen LogP contribution in [0.3, 0.4) is 0 Å². The van der Waals surface area contributed by atoms with Crippen LogP contribution < -0.4 is 0 Å². The lowest BCUT2D eigenvalue weighted by molar-refractivity contribution is -0.0849. The van der Waals surface area contributed by atoms with Crippen molar-refractivity contribution in [3.05, 3.63) is 25.3 Å². The molecule has 0 aromatic heterocycles. The molecule has 4 unspecified atom stereocenters. The molecule has 0 rings (SSSR count). The van der Waals surface area contributed by atoms with Gasteiger partial charge in [0.05, 0.1) is 23.4 Å². The van der Waals surface area contributed by atoms with Gasteiger partial charge in [0.15, 0.2) is 0 Å². The van der Waals surface area contributed by atoms with Crippen molar-refractivity contribution < 1.29 is 19.3 Å².